The van der Waals surface area contributed by atoms with E-state index in [1.807, 2.05) is 6.07 Å². The molecule has 0 aliphatic rings. The molecule has 7 heteroatoms. The van der Waals surface area contributed by atoms with Gasteiger partial charge in [-0.15, -0.1) is 0 Å². The Morgan fingerprint density at radius 3 is 2.06 bits per heavy atom. The van der Waals surface area contributed by atoms with Crippen LogP contribution in [0.5, 0.6) is 0 Å². The first kappa shape index (κ1) is 20.8. The number of amides is 1. The molecule has 0 bridgehead atoms. The van der Waals surface area contributed by atoms with Gasteiger partial charge in [0.15, 0.2) is 0 Å². The lowest BCUT2D eigenvalue weighted by Crippen LogP contribution is -2.24. The smallest absolute Gasteiger partial charge is 0.256 e. The maximum absolute atomic E-state index is 13.1. The summed E-state index contributed by atoms with van der Waals surface area (Å²) in [6.45, 7) is 1.64. The van der Waals surface area contributed by atoms with Gasteiger partial charge in [0.1, 0.15) is 11.5 Å². The van der Waals surface area contributed by atoms with Gasteiger partial charge >= 0.3 is 0 Å². The monoisotopic (exact) mass is 449 g/mol. The summed E-state index contributed by atoms with van der Waals surface area (Å²) in [5, 5.41) is 8.44. The molecule has 5 nitrogen and oxygen atoms in total. The predicted molar refractivity (Wildman–Crippen MR) is 124 cm³/mol. The second-order valence-electron chi connectivity index (χ2n) is 6.85. The zero-order valence-corrected chi connectivity index (χ0v) is 18.0. The number of hydrogen-bond acceptors (Lipinski definition) is 3. The molecule has 0 saturated carbocycles. The van der Waals surface area contributed by atoms with E-state index in [1.54, 1.807) is 79.7 Å². The Hall–Kier alpha value is -3.41. The number of nitrogens with one attached hydrogen (secondary N) is 1. The van der Waals surface area contributed by atoms with Crippen LogP contribution in [0.1, 0.15) is 16.1 Å². The lowest BCUT2D eigenvalue weighted by atomic mass is 10.0. The number of benzene rings is 3. The number of hydrogen-bond donors (Lipinski definition) is 1. The summed E-state index contributed by atoms with van der Waals surface area (Å²) in [6.07, 6.45) is 0. The molecule has 0 aliphatic heterocycles. The Bertz CT molecular complexity index is 1300. The molecular formula is C24H17Cl2N3O2. The number of rotatable bonds is 4. The summed E-state index contributed by atoms with van der Waals surface area (Å²) >= 11 is 12.1. The fraction of sp³-hybridized carbons (Fsp3) is 0.0417. The quantitative estimate of drug-likeness (QED) is 0.430. The second kappa shape index (κ2) is 8.76. The molecule has 0 unspecified atom stereocenters. The van der Waals surface area contributed by atoms with Gasteiger partial charge in [-0.25, -0.2) is 4.68 Å². The SMILES string of the molecule is Cc1nn(-c2ccc(Cl)cc2)c(NC(=O)c2ccccc2)c(-c2ccc(Cl)cc2)c1=O. The van der Waals surface area contributed by atoms with E-state index in [0.29, 0.717) is 32.4 Å². The topological polar surface area (TPSA) is 64.0 Å². The van der Waals surface area contributed by atoms with E-state index < -0.39 is 0 Å². The molecular weight excluding hydrogens is 433 g/mol. The molecule has 1 N–H and O–H groups in total. The van der Waals surface area contributed by atoms with Crippen molar-refractivity contribution in [1.29, 1.82) is 0 Å². The van der Waals surface area contributed by atoms with Crippen LogP contribution in [0, 0.1) is 6.92 Å². The molecule has 31 heavy (non-hydrogen) atoms. The highest BCUT2D eigenvalue weighted by Gasteiger charge is 2.21. The van der Waals surface area contributed by atoms with Crippen molar-refractivity contribution in [2.45, 2.75) is 6.92 Å². The first-order valence-corrected chi connectivity index (χ1v) is 10.2. The predicted octanol–water partition coefficient (Wildman–Crippen LogP) is 5.77. The Labute approximate surface area is 188 Å². The van der Waals surface area contributed by atoms with Crippen molar-refractivity contribution in [3.63, 3.8) is 0 Å². The van der Waals surface area contributed by atoms with E-state index >= 15 is 0 Å². The van der Waals surface area contributed by atoms with E-state index in [0.717, 1.165) is 0 Å². The molecule has 1 aromatic heterocycles. The van der Waals surface area contributed by atoms with Crippen molar-refractivity contribution < 1.29 is 4.79 Å². The Balaban J connectivity index is 1.96. The first-order chi connectivity index (χ1) is 14.9. The van der Waals surface area contributed by atoms with Gasteiger partial charge < -0.3 is 5.32 Å². The van der Waals surface area contributed by atoms with Crippen molar-refractivity contribution in [1.82, 2.24) is 9.78 Å². The zero-order valence-electron chi connectivity index (χ0n) is 16.5. The Morgan fingerprint density at radius 1 is 0.871 bits per heavy atom. The highest BCUT2D eigenvalue weighted by atomic mass is 35.5. The van der Waals surface area contributed by atoms with Crippen molar-refractivity contribution in [2.24, 2.45) is 0 Å². The summed E-state index contributed by atoms with van der Waals surface area (Å²) in [4.78, 5) is 26.1. The van der Waals surface area contributed by atoms with Crippen LogP contribution < -0.4 is 10.7 Å². The van der Waals surface area contributed by atoms with Crippen molar-refractivity contribution in [3.05, 3.63) is 110 Å². The number of nitrogens with zero attached hydrogens (tertiary/aromatic N) is 2. The van der Waals surface area contributed by atoms with Crippen molar-refractivity contribution in [2.75, 3.05) is 5.32 Å². The number of carbonyl (C=O) groups excluding carboxylic acids is 1. The molecule has 0 atom stereocenters. The van der Waals surface area contributed by atoms with Gasteiger partial charge in [-0.1, -0.05) is 53.5 Å². The van der Waals surface area contributed by atoms with Gasteiger partial charge in [0.25, 0.3) is 5.91 Å². The van der Waals surface area contributed by atoms with E-state index in [9.17, 15) is 9.59 Å². The van der Waals surface area contributed by atoms with E-state index in [2.05, 4.69) is 10.4 Å². The summed E-state index contributed by atoms with van der Waals surface area (Å²) in [7, 11) is 0. The fourth-order valence-corrected chi connectivity index (χ4v) is 3.43. The number of aromatic nitrogens is 2. The van der Waals surface area contributed by atoms with Crippen molar-refractivity contribution in [3.8, 4) is 16.8 Å². The molecule has 4 rings (SSSR count). The second-order valence-corrected chi connectivity index (χ2v) is 7.73. The molecule has 4 aromatic rings. The number of halogens is 2. The number of anilines is 1. The van der Waals surface area contributed by atoms with E-state index in [4.69, 9.17) is 23.2 Å². The maximum atomic E-state index is 13.1. The molecule has 0 radical (unpaired) electrons. The minimum absolute atomic E-state index is 0.258. The van der Waals surface area contributed by atoms with Crippen LogP contribution in [0.15, 0.2) is 83.7 Å². The lowest BCUT2D eigenvalue weighted by molar-refractivity contribution is 0.102. The van der Waals surface area contributed by atoms with Crippen LogP contribution >= 0.6 is 23.2 Å². The van der Waals surface area contributed by atoms with E-state index in [1.165, 1.54) is 4.68 Å². The largest absolute Gasteiger partial charge is 0.306 e. The summed E-state index contributed by atoms with van der Waals surface area (Å²) in [5.41, 5.74) is 2.05. The van der Waals surface area contributed by atoms with Crippen LogP contribution in [0.4, 0.5) is 5.82 Å². The van der Waals surface area contributed by atoms with Gasteiger partial charge in [0.05, 0.1) is 11.3 Å². The van der Waals surface area contributed by atoms with Crippen LogP contribution in [0.3, 0.4) is 0 Å². The molecule has 0 saturated heterocycles. The molecule has 0 fully saturated rings. The number of carbonyl (C=O) groups is 1. The molecule has 1 heterocycles. The van der Waals surface area contributed by atoms with Crippen LogP contribution in [-0.4, -0.2) is 15.7 Å². The summed E-state index contributed by atoms with van der Waals surface area (Å²) in [6, 6.07) is 22.6. The molecule has 154 valence electrons. The first-order valence-electron chi connectivity index (χ1n) is 9.46. The third-order valence-corrected chi connectivity index (χ3v) is 5.23. The molecule has 3 aromatic carbocycles. The van der Waals surface area contributed by atoms with E-state index in [-0.39, 0.29) is 22.8 Å². The summed E-state index contributed by atoms with van der Waals surface area (Å²) in [5.74, 6) is -0.0994. The Morgan fingerprint density at radius 2 is 1.45 bits per heavy atom. The normalized spacial score (nSPS) is 10.7. The van der Waals surface area contributed by atoms with Gasteiger partial charge in [0, 0.05) is 15.6 Å². The standard InChI is InChI=1S/C24H17Cl2N3O2/c1-15-22(30)21(16-7-9-18(25)10-8-16)23(27-24(31)17-5-3-2-4-6-17)29(28-15)20-13-11-19(26)12-14-20/h2-14H,1H3,(H,27,31). The highest BCUT2D eigenvalue weighted by Crippen LogP contribution is 2.29. The fourth-order valence-electron chi connectivity index (χ4n) is 3.18. The van der Waals surface area contributed by atoms with Crippen LogP contribution in [0.2, 0.25) is 10.0 Å². The zero-order chi connectivity index (χ0) is 22.0. The molecule has 0 spiro atoms. The molecule has 0 aliphatic carbocycles. The van der Waals surface area contributed by atoms with Gasteiger partial charge in [0.2, 0.25) is 5.43 Å². The summed E-state index contributed by atoms with van der Waals surface area (Å²) < 4.78 is 1.54. The minimum atomic E-state index is -0.358. The van der Waals surface area contributed by atoms with Crippen molar-refractivity contribution >= 4 is 34.9 Å². The van der Waals surface area contributed by atoms with Gasteiger partial charge in [-0.3, -0.25) is 9.59 Å². The Kier molecular flexibility index (Phi) is 5.89. The number of aryl methyl sites for hydroxylation is 1. The minimum Gasteiger partial charge on any atom is -0.306 e. The lowest BCUT2D eigenvalue weighted by Gasteiger charge is -2.18. The average Bonchev–Trinajstić information content (AvgIpc) is 2.78. The van der Waals surface area contributed by atoms with Gasteiger partial charge in [-0.05, 0) is 61.0 Å². The average molecular weight is 450 g/mol. The van der Waals surface area contributed by atoms with Gasteiger partial charge in [-0.2, -0.15) is 5.10 Å². The highest BCUT2D eigenvalue weighted by molar-refractivity contribution is 6.30. The maximum Gasteiger partial charge on any atom is 0.256 e. The third-order valence-electron chi connectivity index (χ3n) is 4.73. The molecule has 1 amide bonds. The van der Waals surface area contributed by atoms with Crippen LogP contribution in [0.25, 0.3) is 16.8 Å². The van der Waals surface area contributed by atoms with Crippen LogP contribution in [-0.2, 0) is 0 Å². The third kappa shape index (κ3) is 4.38.